The third kappa shape index (κ3) is 6.88. The number of ether oxygens (including phenoxy) is 1. The Morgan fingerprint density at radius 3 is 2.67 bits per heavy atom. The van der Waals surface area contributed by atoms with Gasteiger partial charge in [0.2, 0.25) is 5.95 Å². The summed E-state index contributed by atoms with van der Waals surface area (Å²) in [6.07, 6.45) is -0.0603. The van der Waals surface area contributed by atoms with Gasteiger partial charge in [-0.3, -0.25) is 4.90 Å². The first-order valence-electron chi connectivity index (χ1n) is 11.0. The van der Waals surface area contributed by atoms with E-state index in [0.29, 0.717) is 59.9 Å². The lowest BCUT2D eigenvalue weighted by Gasteiger charge is -2.42. The molecule has 33 heavy (non-hydrogen) atoms. The van der Waals surface area contributed by atoms with E-state index in [9.17, 15) is 10.2 Å². The van der Waals surface area contributed by atoms with Gasteiger partial charge in [-0.2, -0.15) is 4.98 Å². The van der Waals surface area contributed by atoms with E-state index < -0.39 is 6.10 Å². The van der Waals surface area contributed by atoms with Crippen molar-refractivity contribution in [3.05, 3.63) is 28.2 Å². The highest BCUT2D eigenvalue weighted by atomic mass is 35.5. The van der Waals surface area contributed by atoms with E-state index in [1.165, 1.54) is 0 Å². The fourth-order valence-corrected chi connectivity index (χ4v) is 4.14. The topological polar surface area (TPSA) is 121 Å². The third-order valence-corrected chi connectivity index (χ3v) is 6.23. The summed E-state index contributed by atoms with van der Waals surface area (Å²) >= 11 is 12.4. The van der Waals surface area contributed by atoms with Crippen molar-refractivity contribution >= 4 is 35.0 Å². The Bertz CT molecular complexity index is 943. The Hall–Kier alpha value is -1.75. The molecule has 0 bridgehead atoms. The number of rotatable bonds is 8. The molecule has 1 fully saturated rings. The highest BCUT2D eigenvalue weighted by molar-refractivity contribution is 6.43. The summed E-state index contributed by atoms with van der Waals surface area (Å²) < 4.78 is 5.70. The SMILES string of the molecule is CC(C)(C)OCC(O)CN1CCN(c2nnc(-c3cccc(Cl)c3Cl)c(N)n2)C[C@@H]1CCO. The summed E-state index contributed by atoms with van der Waals surface area (Å²) in [6.45, 7) is 8.50. The minimum Gasteiger partial charge on any atom is -0.396 e. The lowest BCUT2D eigenvalue weighted by Crippen LogP contribution is -2.56. The second-order valence-electron chi connectivity index (χ2n) is 9.13. The normalized spacial score (nSPS) is 18.5. The van der Waals surface area contributed by atoms with Gasteiger partial charge in [0.1, 0.15) is 5.69 Å². The van der Waals surface area contributed by atoms with Gasteiger partial charge in [-0.25, -0.2) is 0 Å². The van der Waals surface area contributed by atoms with Crippen LogP contribution in [-0.2, 0) is 4.74 Å². The maximum atomic E-state index is 10.4. The molecule has 1 saturated heterocycles. The maximum Gasteiger partial charge on any atom is 0.247 e. The van der Waals surface area contributed by atoms with Gasteiger partial charge < -0.3 is 25.6 Å². The van der Waals surface area contributed by atoms with Crippen LogP contribution in [0.5, 0.6) is 0 Å². The van der Waals surface area contributed by atoms with Gasteiger partial charge in [0.05, 0.1) is 28.4 Å². The predicted molar refractivity (Wildman–Crippen MR) is 131 cm³/mol. The van der Waals surface area contributed by atoms with Crippen molar-refractivity contribution < 1.29 is 14.9 Å². The number of anilines is 2. The second-order valence-corrected chi connectivity index (χ2v) is 9.92. The third-order valence-electron chi connectivity index (χ3n) is 5.41. The standard InChI is InChI=1S/C22H32Cl2N6O3/c1-22(2,3)33-13-15(32)12-29-8-9-30(11-14(29)7-10-31)21-26-20(25)19(27-28-21)16-5-4-6-17(23)18(16)24/h4-6,14-15,31-32H,7-13H2,1-3H3,(H2,25,26,28)/t14-,15?/m0/s1. The molecular weight excluding hydrogens is 467 g/mol. The second kappa shape index (κ2) is 11.1. The zero-order chi connectivity index (χ0) is 24.2. The van der Waals surface area contributed by atoms with Crippen LogP contribution < -0.4 is 10.6 Å². The molecular formula is C22H32Cl2N6O3. The molecule has 4 N–H and O–H groups in total. The largest absolute Gasteiger partial charge is 0.396 e. The van der Waals surface area contributed by atoms with Gasteiger partial charge in [-0.15, -0.1) is 10.2 Å². The van der Waals surface area contributed by atoms with Crippen LogP contribution >= 0.6 is 23.2 Å². The average molecular weight is 499 g/mol. The molecule has 3 rings (SSSR count). The quantitative estimate of drug-likeness (QED) is 0.503. The number of nitrogen functional groups attached to an aromatic ring is 1. The van der Waals surface area contributed by atoms with Crippen molar-refractivity contribution in [2.24, 2.45) is 0 Å². The molecule has 1 aromatic carbocycles. The smallest absolute Gasteiger partial charge is 0.247 e. The van der Waals surface area contributed by atoms with Crippen molar-refractivity contribution in [2.45, 2.75) is 44.9 Å². The number of piperazine rings is 1. The minimum atomic E-state index is -0.618. The first-order valence-corrected chi connectivity index (χ1v) is 11.7. The Morgan fingerprint density at radius 2 is 2.00 bits per heavy atom. The molecule has 1 unspecified atom stereocenters. The molecule has 182 valence electrons. The van der Waals surface area contributed by atoms with Crippen LogP contribution in [0.25, 0.3) is 11.3 Å². The zero-order valence-corrected chi connectivity index (χ0v) is 20.7. The average Bonchev–Trinajstić information content (AvgIpc) is 2.75. The Labute approximate surface area is 204 Å². The molecule has 11 heteroatoms. The Kier molecular flexibility index (Phi) is 8.71. The van der Waals surface area contributed by atoms with Gasteiger partial charge in [0, 0.05) is 44.4 Å². The van der Waals surface area contributed by atoms with Crippen molar-refractivity contribution in [3.63, 3.8) is 0 Å². The van der Waals surface area contributed by atoms with Crippen molar-refractivity contribution in [3.8, 4) is 11.3 Å². The van der Waals surface area contributed by atoms with Gasteiger partial charge in [0.25, 0.3) is 0 Å². The summed E-state index contributed by atoms with van der Waals surface area (Å²) in [7, 11) is 0. The van der Waals surface area contributed by atoms with E-state index in [0.717, 1.165) is 0 Å². The summed E-state index contributed by atoms with van der Waals surface area (Å²) in [6, 6.07) is 5.23. The van der Waals surface area contributed by atoms with Gasteiger partial charge in [0.15, 0.2) is 5.82 Å². The molecule has 1 aliphatic heterocycles. The van der Waals surface area contributed by atoms with Gasteiger partial charge in [-0.05, 0) is 33.3 Å². The van der Waals surface area contributed by atoms with E-state index in [4.69, 9.17) is 33.7 Å². The van der Waals surface area contributed by atoms with Crippen LogP contribution in [0.3, 0.4) is 0 Å². The number of aliphatic hydroxyl groups excluding tert-OH is 2. The van der Waals surface area contributed by atoms with Crippen LogP contribution in [0.4, 0.5) is 11.8 Å². The van der Waals surface area contributed by atoms with Crippen LogP contribution in [0.15, 0.2) is 18.2 Å². The highest BCUT2D eigenvalue weighted by Crippen LogP contribution is 2.34. The lowest BCUT2D eigenvalue weighted by atomic mass is 10.1. The van der Waals surface area contributed by atoms with E-state index in [2.05, 4.69) is 20.1 Å². The van der Waals surface area contributed by atoms with Gasteiger partial charge >= 0.3 is 0 Å². The molecule has 9 nitrogen and oxygen atoms in total. The number of aliphatic hydroxyl groups is 2. The first-order chi connectivity index (χ1) is 15.6. The summed E-state index contributed by atoms with van der Waals surface area (Å²) in [5, 5.41) is 29.3. The van der Waals surface area contributed by atoms with Crippen molar-refractivity contribution in [1.82, 2.24) is 20.1 Å². The summed E-state index contributed by atoms with van der Waals surface area (Å²) in [5.41, 5.74) is 6.83. The molecule has 2 aromatic rings. The molecule has 1 aromatic heterocycles. The molecule has 0 radical (unpaired) electrons. The molecule has 2 heterocycles. The Morgan fingerprint density at radius 1 is 1.24 bits per heavy atom. The monoisotopic (exact) mass is 498 g/mol. The number of aromatic nitrogens is 3. The molecule has 0 aliphatic carbocycles. The van der Waals surface area contributed by atoms with Crippen LogP contribution in [-0.4, -0.2) is 87.4 Å². The van der Waals surface area contributed by atoms with Crippen LogP contribution in [0.2, 0.25) is 10.0 Å². The van der Waals surface area contributed by atoms with Crippen molar-refractivity contribution in [2.75, 3.05) is 50.0 Å². The number of nitrogens with two attached hydrogens (primary N) is 1. The number of nitrogens with zero attached hydrogens (tertiary/aromatic N) is 5. The molecule has 1 aliphatic rings. The highest BCUT2D eigenvalue weighted by Gasteiger charge is 2.30. The molecule has 0 saturated carbocycles. The van der Waals surface area contributed by atoms with E-state index in [-0.39, 0.29) is 30.7 Å². The zero-order valence-electron chi connectivity index (χ0n) is 19.2. The number of hydrogen-bond donors (Lipinski definition) is 3. The lowest BCUT2D eigenvalue weighted by molar-refractivity contribution is -0.0601. The predicted octanol–water partition coefficient (Wildman–Crippen LogP) is 2.48. The van der Waals surface area contributed by atoms with E-state index in [1.807, 2.05) is 25.7 Å². The molecule has 2 atom stereocenters. The van der Waals surface area contributed by atoms with Gasteiger partial charge in [-0.1, -0.05) is 35.3 Å². The summed E-state index contributed by atoms with van der Waals surface area (Å²) in [5.74, 6) is 0.619. The first kappa shape index (κ1) is 25.9. The van der Waals surface area contributed by atoms with E-state index in [1.54, 1.807) is 18.2 Å². The molecule has 0 amide bonds. The molecule has 0 spiro atoms. The fourth-order valence-electron chi connectivity index (χ4n) is 3.75. The summed E-state index contributed by atoms with van der Waals surface area (Å²) in [4.78, 5) is 8.61. The number of β-amino-alcohol motifs (C(OH)–C–C–N with tert-alkyl or cyclic N) is 1. The van der Waals surface area contributed by atoms with Crippen molar-refractivity contribution in [1.29, 1.82) is 0 Å². The van der Waals surface area contributed by atoms with E-state index >= 15 is 0 Å². The number of benzene rings is 1. The fraction of sp³-hybridized carbons (Fsp3) is 0.591. The maximum absolute atomic E-state index is 10.4. The number of hydrogen-bond acceptors (Lipinski definition) is 9. The van der Waals surface area contributed by atoms with Crippen LogP contribution in [0.1, 0.15) is 27.2 Å². The number of halogens is 2. The minimum absolute atomic E-state index is 0.0138. The Balaban J connectivity index is 1.70. The van der Waals surface area contributed by atoms with Crippen LogP contribution in [0, 0.1) is 0 Å².